The summed E-state index contributed by atoms with van der Waals surface area (Å²) in [4.78, 5) is 12.4. The van der Waals surface area contributed by atoms with Crippen LogP contribution in [0.15, 0.2) is 53.7 Å². The van der Waals surface area contributed by atoms with Crippen LogP contribution in [0.4, 0.5) is 5.69 Å². The average molecular weight is 427 g/mol. The SMILES string of the molecule is CCc1ccccc1NC(=O)Cc1nnc(SCCOc2ccc(OC)cc2)n1C. The number of carbonyl (C=O) groups excluding carboxylic acids is 1. The van der Waals surface area contributed by atoms with Crippen molar-refractivity contribution in [3.63, 3.8) is 0 Å². The van der Waals surface area contributed by atoms with Crippen LogP contribution in [0.5, 0.6) is 11.5 Å². The van der Waals surface area contributed by atoms with Crippen LogP contribution in [0.3, 0.4) is 0 Å². The van der Waals surface area contributed by atoms with E-state index in [2.05, 4.69) is 22.4 Å². The van der Waals surface area contributed by atoms with Crippen LogP contribution < -0.4 is 14.8 Å². The second-order valence-corrected chi connectivity index (χ2v) is 7.63. The predicted octanol–water partition coefficient (Wildman–Crippen LogP) is 3.74. The third-order valence-electron chi connectivity index (χ3n) is 4.56. The van der Waals surface area contributed by atoms with Gasteiger partial charge in [0.15, 0.2) is 5.16 Å². The highest BCUT2D eigenvalue weighted by atomic mass is 32.2. The molecule has 0 atom stereocenters. The van der Waals surface area contributed by atoms with Crippen molar-refractivity contribution in [2.45, 2.75) is 24.9 Å². The Bertz CT molecular complexity index is 973. The molecule has 2 aromatic carbocycles. The number of anilines is 1. The van der Waals surface area contributed by atoms with Gasteiger partial charge in [0.1, 0.15) is 17.3 Å². The van der Waals surface area contributed by atoms with E-state index in [1.807, 2.05) is 60.1 Å². The van der Waals surface area contributed by atoms with Crippen LogP contribution in [0.25, 0.3) is 0 Å². The molecule has 1 N–H and O–H groups in total. The lowest BCUT2D eigenvalue weighted by molar-refractivity contribution is -0.115. The molecular weight excluding hydrogens is 400 g/mol. The molecule has 0 unspecified atom stereocenters. The Morgan fingerprint density at radius 1 is 1.10 bits per heavy atom. The van der Waals surface area contributed by atoms with E-state index in [-0.39, 0.29) is 12.3 Å². The number of aromatic nitrogens is 3. The van der Waals surface area contributed by atoms with Gasteiger partial charge in [-0.15, -0.1) is 10.2 Å². The average Bonchev–Trinajstić information content (AvgIpc) is 3.11. The molecule has 1 aromatic heterocycles. The number of thioether (sulfide) groups is 1. The minimum absolute atomic E-state index is 0.106. The fourth-order valence-electron chi connectivity index (χ4n) is 2.88. The Morgan fingerprint density at radius 3 is 2.57 bits per heavy atom. The normalized spacial score (nSPS) is 10.6. The van der Waals surface area contributed by atoms with Gasteiger partial charge in [-0.3, -0.25) is 4.79 Å². The number of hydrogen-bond acceptors (Lipinski definition) is 6. The Hall–Kier alpha value is -3.00. The number of benzene rings is 2. The Kier molecular flexibility index (Phi) is 7.73. The number of nitrogens with zero attached hydrogens (tertiary/aromatic N) is 3. The number of methoxy groups -OCH3 is 1. The minimum atomic E-state index is -0.106. The molecule has 0 aliphatic heterocycles. The van der Waals surface area contributed by atoms with E-state index in [1.54, 1.807) is 7.11 Å². The number of aryl methyl sites for hydroxylation is 1. The van der Waals surface area contributed by atoms with Crippen molar-refractivity contribution >= 4 is 23.4 Å². The van der Waals surface area contributed by atoms with Gasteiger partial charge < -0.3 is 19.4 Å². The molecule has 0 aliphatic carbocycles. The second-order valence-electron chi connectivity index (χ2n) is 6.57. The van der Waals surface area contributed by atoms with E-state index >= 15 is 0 Å². The van der Waals surface area contributed by atoms with Gasteiger partial charge in [0.25, 0.3) is 0 Å². The number of ether oxygens (including phenoxy) is 2. The molecule has 0 radical (unpaired) electrons. The summed E-state index contributed by atoms with van der Waals surface area (Å²) in [7, 11) is 3.50. The standard InChI is InChI=1S/C22H26N4O3S/c1-4-16-7-5-6-8-19(16)23-21(27)15-20-24-25-22(26(20)2)30-14-13-29-18-11-9-17(28-3)10-12-18/h5-12H,4,13-15H2,1-3H3,(H,23,27). The fraction of sp³-hybridized carbons (Fsp3) is 0.318. The first-order chi connectivity index (χ1) is 14.6. The summed E-state index contributed by atoms with van der Waals surface area (Å²) in [5.41, 5.74) is 1.95. The number of amides is 1. The first-order valence-corrected chi connectivity index (χ1v) is 10.7. The molecule has 0 fully saturated rings. The van der Waals surface area contributed by atoms with Crippen LogP contribution in [0.1, 0.15) is 18.3 Å². The van der Waals surface area contributed by atoms with Crippen molar-refractivity contribution < 1.29 is 14.3 Å². The van der Waals surface area contributed by atoms with Gasteiger partial charge in [-0.25, -0.2) is 0 Å². The van der Waals surface area contributed by atoms with E-state index < -0.39 is 0 Å². The monoisotopic (exact) mass is 426 g/mol. The van der Waals surface area contributed by atoms with Crippen LogP contribution in [0.2, 0.25) is 0 Å². The van der Waals surface area contributed by atoms with Crippen molar-refractivity contribution in [3.8, 4) is 11.5 Å². The lowest BCUT2D eigenvalue weighted by Gasteiger charge is -2.09. The lowest BCUT2D eigenvalue weighted by atomic mass is 10.1. The number of carbonyl (C=O) groups is 1. The zero-order chi connectivity index (χ0) is 21.3. The van der Waals surface area contributed by atoms with E-state index in [1.165, 1.54) is 11.8 Å². The quantitative estimate of drug-likeness (QED) is 0.393. The summed E-state index contributed by atoms with van der Waals surface area (Å²) < 4.78 is 12.7. The molecular formula is C22H26N4O3S. The van der Waals surface area contributed by atoms with Gasteiger partial charge in [-0.1, -0.05) is 36.9 Å². The number of rotatable bonds is 10. The number of hydrogen-bond donors (Lipinski definition) is 1. The molecule has 0 aliphatic rings. The molecule has 1 amide bonds. The van der Waals surface area contributed by atoms with Crippen molar-refractivity contribution in [1.82, 2.24) is 14.8 Å². The van der Waals surface area contributed by atoms with Gasteiger partial charge in [0, 0.05) is 18.5 Å². The highest BCUT2D eigenvalue weighted by Gasteiger charge is 2.14. The molecule has 0 spiro atoms. The molecule has 0 bridgehead atoms. The fourth-order valence-corrected chi connectivity index (χ4v) is 3.62. The highest BCUT2D eigenvalue weighted by molar-refractivity contribution is 7.99. The van der Waals surface area contributed by atoms with Gasteiger partial charge in [-0.05, 0) is 42.3 Å². The molecule has 0 saturated carbocycles. The molecule has 8 heteroatoms. The molecule has 3 rings (SSSR count). The summed E-state index contributed by atoms with van der Waals surface area (Å²) in [6, 6.07) is 15.3. The predicted molar refractivity (Wildman–Crippen MR) is 118 cm³/mol. The van der Waals surface area contributed by atoms with Crippen molar-refractivity contribution in [2.75, 3.05) is 24.8 Å². The maximum absolute atomic E-state index is 12.4. The zero-order valence-electron chi connectivity index (χ0n) is 17.4. The van der Waals surface area contributed by atoms with E-state index in [9.17, 15) is 4.79 Å². The van der Waals surface area contributed by atoms with E-state index in [0.29, 0.717) is 18.2 Å². The van der Waals surface area contributed by atoms with E-state index in [0.717, 1.165) is 34.3 Å². The molecule has 1 heterocycles. The van der Waals surface area contributed by atoms with Crippen LogP contribution >= 0.6 is 11.8 Å². The van der Waals surface area contributed by atoms with Crippen LogP contribution in [-0.2, 0) is 24.7 Å². The number of nitrogens with one attached hydrogen (secondary N) is 1. The smallest absolute Gasteiger partial charge is 0.232 e. The first kappa shape index (κ1) is 21.7. The van der Waals surface area contributed by atoms with E-state index in [4.69, 9.17) is 9.47 Å². The van der Waals surface area contributed by atoms with Gasteiger partial charge >= 0.3 is 0 Å². The number of para-hydroxylation sites is 1. The largest absolute Gasteiger partial charge is 0.497 e. The van der Waals surface area contributed by atoms with Gasteiger partial charge in [0.05, 0.1) is 20.1 Å². The summed E-state index contributed by atoms with van der Waals surface area (Å²) in [5, 5.41) is 12.1. The Balaban J connectivity index is 1.48. The summed E-state index contributed by atoms with van der Waals surface area (Å²) in [5.74, 6) is 2.82. The maximum Gasteiger partial charge on any atom is 0.232 e. The van der Waals surface area contributed by atoms with Crippen LogP contribution in [0, 0.1) is 0 Å². The first-order valence-electron chi connectivity index (χ1n) is 9.76. The van der Waals surface area contributed by atoms with Crippen molar-refractivity contribution in [2.24, 2.45) is 7.05 Å². The third-order valence-corrected chi connectivity index (χ3v) is 5.54. The molecule has 30 heavy (non-hydrogen) atoms. The topological polar surface area (TPSA) is 78.3 Å². The Morgan fingerprint density at radius 2 is 1.83 bits per heavy atom. The summed E-state index contributed by atoms with van der Waals surface area (Å²) >= 11 is 1.54. The molecule has 3 aromatic rings. The molecule has 0 saturated heterocycles. The summed E-state index contributed by atoms with van der Waals surface area (Å²) in [6.45, 7) is 2.60. The lowest BCUT2D eigenvalue weighted by Crippen LogP contribution is -2.18. The highest BCUT2D eigenvalue weighted by Crippen LogP contribution is 2.20. The van der Waals surface area contributed by atoms with Crippen molar-refractivity contribution in [1.29, 1.82) is 0 Å². The van der Waals surface area contributed by atoms with Gasteiger partial charge in [0.2, 0.25) is 5.91 Å². The molecule has 158 valence electrons. The zero-order valence-corrected chi connectivity index (χ0v) is 18.2. The van der Waals surface area contributed by atoms with Gasteiger partial charge in [-0.2, -0.15) is 0 Å². The minimum Gasteiger partial charge on any atom is -0.497 e. The Labute approximate surface area is 180 Å². The molecule has 7 nitrogen and oxygen atoms in total. The summed E-state index contributed by atoms with van der Waals surface area (Å²) in [6.07, 6.45) is 1.03. The maximum atomic E-state index is 12.4. The second kappa shape index (κ2) is 10.7. The van der Waals surface area contributed by atoms with Crippen LogP contribution in [-0.4, -0.2) is 40.1 Å². The van der Waals surface area contributed by atoms with Crippen molar-refractivity contribution in [3.05, 3.63) is 59.9 Å². The third kappa shape index (κ3) is 5.76.